The SMILES string of the molecule is CCN(CC1CCCNC1)C(=O)/C=C/c1ccc(Cl)cc1. The van der Waals surface area contributed by atoms with E-state index in [4.69, 9.17) is 11.6 Å². The maximum atomic E-state index is 12.3. The van der Waals surface area contributed by atoms with Gasteiger partial charge in [-0.3, -0.25) is 4.79 Å². The molecule has 0 bridgehead atoms. The fraction of sp³-hybridized carbons (Fsp3) is 0.471. The molecule has 4 heteroatoms. The summed E-state index contributed by atoms with van der Waals surface area (Å²) in [6.45, 7) is 5.75. The molecule has 3 nitrogen and oxygen atoms in total. The van der Waals surface area contributed by atoms with Gasteiger partial charge in [-0.05, 0) is 62.5 Å². The van der Waals surface area contributed by atoms with E-state index in [1.807, 2.05) is 42.2 Å². The Balaban J connectivity index is 1.91. The van der Waals surface area contributed by atoms with Gasteiger partial charge in [-0.15, -0.1) is 0 Å². The molecule has 1 amide bonds. The number of halogens is 1. The largest absolute Gasteiger partial charge is 0.339 e. The zero-order valence-electron chi connectivity index (χ0n) is 12.5. The van der Waals surface area contributed by atoms with Crippen LogP contribution in [0.25, 0.3) is 6.08 Å². The van der Waals surface area contributed by atoms with Crippen molar-refractivity contribution < 1.29 is 4.79 Å². The van der Waals surface area contributed by atoms with E-state index >= 15 is 0 Å². The first-order chi connectivity index (χ1) is 10.2. The average Bonchev–Trinajstić information content (AvgIpc) is 2.52. The zero-order valence-corrected chi connectivity index (χ0v) is 13.3. The van der Waals surface area contributed by atoms with Gasteiger partial charge in [0.25, 0.3) is 0 Å². The van der Waals surface area contributed by atoms with Gasteiger partial charge in [0.2, 0.25) is 5.91 Å². The van der Waals surface area contributed by atoms with E-state index in [-0.39, 0.29) is 5.91 Å². The molecule has 0 aromatic heterocycles. The lowest BCUT2D eigenvalue weighted by molar-refractivity contribution is -0.126. The van der Waals surface area contributed by atoms with Crippen molar-refractivity contribution >= 4 is 23.6 Å². The minimum absolute atomic E-state index is 0.0815. The van der Waals surface area contributed by atoms with E-state index in [1.165, 1.54) is 12.8 Å². The van der Waals surface area contributed by atoms with Crippen LogP contribution in [0.4, 0.5) is 0 Å². The van der Waals surface area contributed by atoms with Crippen LogP contribution in [-0.2, 0) is 4.79 Å². The van der Waals surface area contributed by atoms with Gasteiger partial charge in [0, 0.05) is 24.2 Å². The van der Waals surface area contributed by atoms with Gasteiger partial charge < -0.3 is 10.2 Å². The number of likely N-dealkylation sites (N-methyl/N-ethyl adjacent to an activating group) is 1. The summed E-state index contributed by atoms with van der Waals surface area (Å²) in [6.07, 6.45) is 5.91. The van der Waals surface area contributed by atoms with E-state index in [0.717, 1.165) is 31.7 Å². The molecule has 1 fully saturated rings. The van der Waals surface area contributed by atoms with Crippen LogP contribution in [0, 0.1) is 5.92 Å². The number of rotatable bonds is 5. The van der Waals surface area contributed by atoms with Crippen LogP contribution < -0.4 is 5.32 Å². The summed E-state index contributed by atoms with van der Waals surface area (Å²) in [5.74, 6) is 0.657. The van der Waals surface area contributed by atoms with E-state index < -0.39 is 0 Å². The third kappa shape index (κ3) is 5.18. The molecule has 1 atom stereocenters. The Bertz CT molecular complexity index is 478. The van der Waals surface area contributed by atoms with Crippen LogP contribution in [-0.4, -0.2) is 37.0 Å². The number of nitrogens with zero attached hydrogens (tertiary/aromatic N) is 1. The van der Waals surface area contributed by atoms with Crippen LogP contribution in [0.5, 0.6) is 0 Å². The molecule has 1 aromatic rings. The fourth-order valence-electron chi connectivity index (χ4n) is 2.61. The standard InChI is InChI=1S/C17H23ClN2O/c1-2-20(13-15-4-3-11-19-12-15)17(21)10-7-14-5-8-16(18)9-6-14/h5-10,15,19H,2-4,11-13H2,1H3/b10-7+. The van der Waals surface area contributed by atoms with Crippen LogP contribution in [0.3, 0.4) is 0 Å². The molecule has 21 heavy (non-hydrogen) atoms. The van der Waals surface area contributed by atoms with Crippen molar-refractivity contribution in [2.75, 3.05) is 26.2 Å². The number of piperidine rings is 1. The Morgan fingerprint density at radius 3 is 2.81 bits per heavy atom. The molecule has 114 valence electrons. The lowest BCUT2D eigenvalue weighted by Crippen LogP contribution is -2.40. The van der Waals surface area contributed by atoms with Crippen molar-refractivity contribution in [2.45, 2.75) is 19.8 Å². The van der Waals surface area contributed by atoms with Gasteiger partial charge in [0.15, 0.2) is 0 Å². The topological polar surface area (TPSA) is 32.3 Å². The molecule has 1 N–H and O–H groups in total. The van der Waals surface area contributed by atoms with Gasteiger partial charge in [-0.25, -0.2) is 0 Å². The number of carbonyl (C=O) groups excluding carboxylic acids is 1. The number of hydrogen-bond donors (Lipinski definition) is 1. The number of benzene rings is 1. The summed E-state index contributed by atoms with van der Waals surface area (Å²) in [7, 11) is 0. The Labute approximate surface area is 132 Å². The molecule has 1 saturated heterocycles. The molecule has 0 spiro atoms. The molecular weight excluding hydrogens is 284 g/mol. The lowest BCUT2D eigenvalue weighted by atomic mass is 9.99. The van der Waals surface area contributed by atoms with Crippen molar-refractivity contribution in [3.63, 3.8) is 0 Å². The van der Waals surface area contributed by atoms with E-state index in [9.17, 15) is 4.79 Å². The number of hydrogen-bond acceptors (Lipinski definition) is 2. The Morgan fingerprint density at radius 2 is 2.19 bits per heavy atom. The van der Waals surface area contributed by atoms with Crippen molar-refractivity contribution in [3.05, 3.63) is 40.9 Å². The monoisotopic (exact) mass is 306 g/mol. The molecule has 0 aliphatic carbocycles. The normalized spacial score (nSPS) is 18.9. The number of amides is 1. The molecule has 1 unspecified atom stereocenters. The summed E-state index contributed by atoms with van der Waals surface area (Å²) in [5.41, 5.74) is 0.989. The fourth-order valence-corrected chi connectivity index (χ4v) is 2.74. The molecular formula is C17H23ClN2O. The van der Waals surface area contributed by atoms with Gasteiger partial charge >= 0.3 is 0 Å². The zero-order chi connectivity index (χ0) is 15.1. The molecule has 2 rings (SSSR count). The van der Waals surface area contributed by atoms with Crippen molar-refractivity contribution in [3.8, 4) is 0 Å². The second-order valence-electron chi connectivity index (χ2n) is 5.47. The summed E-state index contributed by atoms with van der Waals surface area (Å²) >= 11 is 5.85. The molecule has 1 aromatic carbocycles. The third-order valence-electron chi connectivity index (χ3n) is 3.86. The highest BCUT2D eigenvalue weighted by molar-refractivity contribution is 6.30. The first kappa shape index (κ1) is 16.1. The summed E-state index contributed by atoms with van der Waals surface area (Å²) in [6, 6.07) is 7.48. The van der Waals surface area contributed by atoms with Gasteiger partial charge in [-0.1, -0.05) is 23.7 Å². The van der Waals surface area contributed by atoms with Crippen molar-refractivity contribution in [1.82, 2.24) is 10.2 Å². The van der Waals surface area contributed by atoms with E-state index in [1.54, 1.807) is 6.08 Å². The van der Waals surface area contributed by atoms with E-state index in [2.05, 4.69) is 5.32 Å². The third-order valence-corrected chi connectivity index (χ3v) is 4.11. The highest BCUT2D eigenvalue weighted by Gasteiger charge is 2.18. The average molecular weight is 307 g/mol. The number of carbonyl (C=O) groups is 1. The molecule has 1 heterocycles. The summed E-state index contributed by atoms with van der Waals surface area (Å²) in [4.78, 5) is 14.2. The summed E-state index contributed by atoms with van der Waals surface area (Å²) < 4.78 is 0. The highest BCUT2D eigenvalue weighted by atomic mass is 35.5. The Kier molecular flexibility index (Phi) is 6.27. The summed E-state index contributed by atoms with van der Waals surface area (Å²) in [5, 5.41) is 4.10. The molecule has 0 saturated carbocycles. The predicted octanol–water partition coefficient (Wildman–Crippen LogP) is 3.20. The minimum Gasteiger partial charge on any atom is -0.339 e. The number of nitrogens with one attached hydrogen (secondary N) is 1. The maximum Gasteiger partial charge on any atom is 0.246 e. The maximum absolute atomic E-state index is 12.3. The van der Waals surface area contributed by atoms with Crippen molar-refractivity contribution in [1.29, 1.82) is 0 Å². The molecule has 0 radical (unpaired) electrons. The highest BCUT2D eigenvalue weighted by Crippen LogP contribution is 2.13. The molecule has 1 aliphatic rings. The van der Waals surface area contributed by atoms with Crippen LogP contribution in [0.1, 0.15) is 25.3 Å². The minimum atomic E-state index is 0.0815. The first-order valence-corrected chi connectivity index (χ1v) is 8.00. The van der Waals surface area contributed by atoms with Crippen LogP contribution in [0.2, 0.25) is 5.02 Å². The first-order valence-electron chi connectivity index (χ1n) is 7.62. The second kappa shape index (κ2) is 8.20. The lowest BCUT2D eigenvalue weighted by Gasteiger charge is -2.28. The van der Waals surface area contributed by atoms with Crippen molar-refractivity contribution in [2.24, 2.45) is 5.92 Å². The smallest absolute Gasteiger partial charge is 0.246 e. The quantitative estimate of drug-likeness (QED) is 0.847. The van der Waals surface area contributed by atoms with Gasteiger partial charge in [-0.2, -0.15) is 0 Å². The van der Waals surface area contributed by atoms with Crippen LogP contribution in [0.15, 0.2) is 30.3 Å². The predicted molar refractivity (Wildman–Crippen MR) is 88.3 cm³/mol. The second-order valence-corrected chi connectivity index (χ2v) is 5.91. The Morgan fingerprint density at radius 1 is 1.43 bits per heavy atom. The van der Waals surface area contributed by atoms with E-state index in [0.29, 0.717) is 10.9 Å². The Hall–Kier alpha value is -1.32. The van der Waals surface area contributed by atoms with Crippen LogP contribution >= 0.6 is 11.6 Å². The molecule has 1 aliphatic heterocycles. The van der Waals surface area contributed by atoms with Gasteiger partial charge in [0.1, 0.15) is 0 Å². The van der Waals surface area contributed by atoms with Gasteiger partial charge in [0.05, 0.1) is 0 Å².